The largest absolute Gasteiger partial charge is 0.463 e. The molecule has 0 atom stereocenters. The van der Waals surface area contributed by atoms with Gasteiger partial charge >= 0.3 is 5.97 Å². The Morgan fingerprint density at radius 3 is 2.46 bits per heavy atom. The third-order valence-electron chi connectivity index (χ3n) is 4.39. The minimum absolute atomic E-state index is 0. The molecule has 0 aliphatic carbocycles. The number of ether oxygens (including phenoxy) is 1. The van der Waals surface area contributed by atoms with Gasteiger partial charge in [0, 0.05) is 17.6 Å². The van der Waals surface area contributed by atoms with Crippen LogP contribution in [0.5, 0.6) is 0 Å². The number of esters is 1. The van der Waals surface area contributed by atoms with Gasteiger partial charge < -0.3 is 20.2 Å². The van der Waals surface area contributed by atoms with Crippen molar-refractivity contribution in [1.82, 2.24) is 0 Å². The van der Waals surface area contributed by atoms with Crippen LogP contribution < -0.4 is 11.1 Å². The summed E-state index contributed by atoms with van der Waals surface area (Å²) in [4.78, 5) is 24.0. The van der Waals surface area contributed by atoms with Crippen LogP contribution in [0.15, 0.2) is 28.7 Å². The molecule has 2 aromatic rings. The molecule has 0 radical (unpaired) electrons. The van der Waals surface area contributed by atoms with E-state index in [1.54, 1.807) is 24.3 Å². The van der Waals surface area contributed by atoms with Gasteiger partial charge in [0.05, 0.1) is 12.5 Å². The molecule has 0 saturated heterocycles. The molecule has 0 aliphatic rings. The van der Waals surface area contributed by atoms with Crippen LogP contribution in [0.25, 0.3) is 11.0 Å². The van der Waals surface area contributed by atoms with Crippen LogP contribution in [0.4, 0.5) is 5.69 Å². The van der Waals surface area contributed by atoms with Gasteiger partial charge in [-0.3, -0.25) is 4.79 Å². The fourth-order valence-electron chi connectivity index (χ4n) is 2.54. The van der Waals surface area contributed by atoms with E-state index in [1.165, 1.54) is 7.11 Å². The Balaban J connectivity index is 0.00000288. The summed E-state index contributed by atoms with van der Waals surface area (Å²) in [6.45, 7) is 4.21. The molecular weight excluding hydrogens is 332 g/mol. The third-order valence-corrected chi connectivity index (χ3v) is 4.39. The highest BCUT2D eigenvalue weighted by Crippen LogP contribution is 2.28. The number of amides is 1. The minimum atomic E-state index is -0.567. The topological polar surface area (TPSA) is 94.6 Å². The van der Waals surface area contributed by atoms with Gasteiger partial charge in [-0.15, -0.1) is 12.4 Å². The Morgan fingerprint density at radius 1 is 1.25 bits per heavy atom. The lowest BCUT2D eigenvalue weighted by Crippen LogP contribution is -2.41. The van der Waals surface area contributed by atoms with Crippen molar-refractivity contribution in [2.24, 2.45) is 11.1 Å². The molecule has 0 bridgehead atoms. The van der Waals surface area contributed by atoms with Crippen LogP contribution in [-0.4, -0.2) is 25.5 Å². The third kappa shape index (κ3) is 3.71. The molecule has 0 spiro atoms. The van der Waals surface area contributed by atoms with E-state index >= 15 is 0 Å². The highest BCUT2D eigenvalue weighted by Gasteiger charge is 2.33. The Bertz CT molecular complexity index is 714. The molecule has 2 rings (SSSR count). The SMILES string of the molecule is CCC(CC)(CN)C(=O)Nc1ccc2oc(C(=O)OC)cc2c1.Cl. The monoisotopic (exact) mass is 354 g/mol. The van der Waals surface area contributed by atoms with Crippen LogP contribution in [0.1, 0.15) is 37.2 Å². The van der Waals surface area contributed by atoms with Crippen LogP contribution >= 0.6 is 12.4 Å². The fourth-order valence-corrected chi connectivity index (χ4v) is 2.54. The van der Waals surface area contributed by atoms with Crippen molar-refractivity contribution in [2.75, 3.05) is 19.0 Å². The predicted molar refractivity (Wildman–Crippen MR) is 95.5 cm³/mol. The summed E-state index contributed by atoms with van der Waals surface area (Å²) in [7, 11) is 1.29. The maximum absolute atomic E-state index is 12.5. The van der Waals surface area contributed by atoms with Crippen molar-refractivity contribution in [1.29, 1.82) is 0 Å². The molecule has 24 heavy (non-hydrogen) atoms. The molecule has 1 heterocycles. The normalized spacial score (nSPS) is 11.0. The van der Waals surface area contributed by atoms with Crippen molar-refractivity contribution in [3.05, 3.63) is 30.0 Å². The zero-order valence-corrected chi connectivity index (χ0v) is 14.9. The summed E-state index contributed by atoms with van der Waals surface area (Å²) in [6, 6.07) is 6.79. The fraction of sp³-hybridized carbons (Fsp3) is 0.412. The number of hydrogen-bond acceptors (Lipinski definition) is 5. The standard InChI is InChI=1S/C17H22N2O4.ClH/c1-4-17(5-2,10-18)16(21)19-12-6-7-13-11(8-12)9-14(23-13)15(20)22-3;/h6-9H,4-5,10,18H2,1-3H3,(H,19,21);1H. The van der Waals surface area contributed by atoms with E-state index in [4.69, 9.17) is 10.2 Å². The van der Waals surface area contributed by atoms with E-state index < -0.39 is 11.4 Å². The minimum Gasteiger partial charge on any atom is -0.463 e. The van der Waals surface area contributed by atoms with Gasteiger partial charge in [0.25, 0.3) is 0 Å². The zero-order chi connectivity index (χ0) is 17.0. The van der Waals surface area contributed by atoms with Crippen LogP contribution in [0, 0.1) is 5.41 Å². The lowest BCUT2D eigenvalue weighted by Gasteiger charge is -2.28. The predicted octanol–water partition coefficient (Wildman–Crippen LogP) is 3.34. The second-order valence-electron chi connectivity index (χ2n) is 5.50. The van der Waals surface area contributed by atoms with Crippen molar-refractivity contribution >= 4 is 40.9 Å². The number of nitrogens with one attached hydrogen (secondary N) is 1. The van der Waals surface area contributed by atoms with E-state index in [0.717, 1.165) is 5.39 Å². The molecular formula is C17H23ClN2O4. The van der Waals surface area contributed by atoms with Gasteiger partial charge in [0.1, 0.15) is 5.58 Å². The van der Waals surface area contributed by atoms with Crippen molar-refractivity contribution in [3.63, 3.8) is 0 Å². The number of methoxy groups -OCH3 is 1. The summed E-state index contributed by atoms with van der Waals surface area (Å²) in [5.74, 6) is -0.503. The van der Waals surface area contributed by atoms with Crippen LogP contribution in [-0.2, 0) is 9.53 Å². The van der Waals surface area contributed by atoms with Crippen molar-refractivity contribution in [2.45, 2.75) is 26.7 Å². The Labute approximate surface area is 147 Å². The maximum Gasteiger partial charge on any atom is 0.373 e. The molecule has 0 unspecified atom stereocenters. The Hall–Kier alpha value is -2.05. The van der Waals surface area contributed by atoms with Crippen molar-refractivity contribution < 1.29 is 18.7 Å². The summed E-state index contributed by atoms with van der Waals surface area (Å²) < 4.78 is 10.0. The molecule has 0 aliphatic heterocycles. The molecule has 3 N–H and O–H groups in total. The van der Waals surface area contributed by atoms with E-state index in [0.29, 0.717) is 30.7 Å². The summed E-state index contributed by atoms with van der Waals surface area (Å²) in [5.41, 5.74) is 6.43. The summed E-state index contributed by atoms with van der Waals surface area (Å²) >= 11 is 0. The molecule has 0 saturated carbocycles. The number of furan rings is 1. The Morgan fingerprint density at radius 2 is 1.92 bits per heavy atom. The van der Waals surface area contributed by atoms with Gasteiger partial charge in [-0.2, -0.15) is 0 Å². The van der Waals surface area contributed by atoms with E-state index in [-0.39, 0.29) is 24.1 Å². The number of halogens is 1. The quantitative estimate of drug-likeness (QED) is 0.776. The molecule has 6 nitrogen and oxygen atoms in total. The number of carbonyl (C=O) groups excluding carboxylic acids is 2. The first-order valence-corrected chi connectivity index (χ1v) is 7.63. The van der Waals surface area contributed by atoms with Gasteiger partial charge in [-0.25, -0.2) is 4.79 Å². The van der Waals surface area contributed by atoms with E-state index in [1.807, 2.05) is 13.8 Å². The molecule has 7 heteroatoms. The number of anilines is 1. The van der Waals surface area contributed by atoms with Crippen molar-refractivity contribution in [3.8, 4) is 0 Å². The van der Waals surface area contributed by atoms with Crippen LogP contribution in [0.3, 0.4) is 0 Å². The number of benzene rings is 1. The van der Waals surface area contributed by atoms with Gasteiger partial charge in [0.15, 0.2) is 0 Å². The molecule has 1 aromatic carbocycles. The van der Waals surface area contributed by atoms with E-state index in [9.17, 15) is 9.59 Å². The number of fused-ring (bicyclic) bond motifs is 1. The lowest BCUT2D eigenvalue weighted by molar-refractivity contribution is -0.125. The van der Waals surface area contributed by atoms with Crippen LogP contribution in [0.2, 0.25) is 0 Å². The first kappa shape index (κ1) is 20.0. The molecule has 0 fully saturated rings. The maximum atomic E-state index is 12.5. The van der Waals surface area contributed by atoms with Gasteiger partial charge in [0.2, 0.25) is 11.7 Å². The van der Waals surface area contributed by atoms with Gasteiger partial charge in [-0.1, -0.05) is 13.8 Å². The number of hydrogen-bond donors (Lipinski definition) is 2. The zero-order valence-electron chi connectivity index (χ0n) is 14.0. The highest BCUT2D eigenvalue weighted by molar-refractivity contribution is 5.98. The van der Waals surface area contributed by atoms with E-state index in [2.05, 4.69) is 10.1 Å². The number of carbonyl (C=O) groups is 2. The second-order valence-corrected chi connectivity index (χ2v) is 5.50. The average Bonchev–Trinajstić information content (AvgIpc) is 2.99. The second kappa shape index (κ2) is 8.17. The highest BCUT2D eigenvalue weighted by atomic mass is 35.5. The molecule has 1 amide bonds. The smallest absolute Gasteiger partial charge is 0.373 e. The summed E-state index contributed by atoms with van der Waals surface area (Å²) in [6.07, 6.45) is 1.35. The number of rotatable bonds is 6. The average molecular weight is 355 g/mol. The van der Waals surface area contributed by atoms with Gasteiger partial charge in [-0.05, 0) is 37.1 Å². The summed E-state index contributed by atoms with van der Waals surface area (Å²) in [5, 5.41) is 3.62. The Kier molecular flexibility index (Phi) is 6.81. The molecule has 1 aromatic heterocycles. The lowest BCUT2D eigenvalue weighted by atomic mass is 9.81. The first-order valence-electron chi connectivity index (χ1n) is 7.63. The number of nitrogens with two attached hydrogens (primary N) is 1. The first-order chi connectivity index (χ1) is 11.0. The molecule has 132 valence electrons.